The van der Waals surface area contributed by atoms with Crippen LogP contribution in [-0.4, -0.2) is 62.9 Å². The smallest absolute Gasteiger partial charge is 0.243 e. The van der Waals surface area contributed by atoms with Gasteiger partial charge in [-0.15, -0.1) is 0 Å². The highest BCUT2D eigenvalue weighted by Gasteiger charge is 2.26. The first-order chi connectivity index (χ1) is 15.8. The molecule has 0 saturated heterocycles. The molecule has 0 saturated carbocycles. The third-order valence-electron chi connectivity index (χ3n) is 5.61. The molecule has 8 nitrogen and oxygen atoms in total. The van der Waals surface area contributed by atoms with Gasteiger partial charge in [0, 0.05) is 19.0 Å². The van der Waals surface area contributed by atoms with E-state index in [1.807, 2.05) is 6.92 Å². The molecule has 0 radical (unpaired) electrons. The zero-order valence-corrected chi connectivity index (χ0v) is 20.9. The van der Waals surface area contributed by atoms with Crippen molar-refractivity contribution in [3.8, 4) is 5.75 Å². The summed E-state index contributed by atoms with van der Waals surface area (Å²) in [6.45, 7) is 9.41. The van der Waals surface area contributed by atoms with Crippen LogP contribution in [0.1, 0.15) is 45.8 Å². The number of carbonyl (C=O) groups is 1. The second kappa shape index (κ2) is 13.4. The summed E-state index contributed by atoms with van der Waals surface area (Å²) in [5.74, 6) is 0.915. The maximum atomic E-state index is 13.3. The lowest BCUT2D eigenvalue weighted by molar-refractivity contribution is -0.121. The number of ether oxygens (including phenoxy) is 1. The zero-order valence-electron chi connectivity index (χ0n) is 20.1. The summed E-state index contributed by atoms with van der Waals surface area (Å²) in [5.41, 5.74) is 0. The molecule has 1 aromatic heterocycles. The predicted molar refractivity (Wildman–Crippen MR) is 129 cm³/mol. The third-order valence-corrected chi connectivity index (χ3v) is 7.47. The van der Waals surface area contributed by atoms with Gasteiger partial charge in [-0.2, -0.15) is 4.31 Å². The third kappa shape index (κ3) is 8.49. The second-order valence-corrected chi connectivity index (χ2v) is 9.92. The fourth-order valence-corrected chi connectivity index (χ4v) is 4.97. The molecule has 1 atom stereocenters. The summed E-state index contributed by atoms with van der Waals surface area (Å²) in [4.78, 5) is 15.0. The van der Waals surface area contributed by atoms with E-state index in [4.69, 9.17) is 9.15 Å². The van der Waals surface area contributed by atoms with E-state index >= 15 is 0 Å². The van der Waals surface area contributed by atoms with E-state index in [1.54, 1.807) is 24.3 Å². The summed E-state index contributed by atoms with van der Waals surface area (Å²) in [5, 5.41) is 2.99. The number of benzene rings is 1. The van der Waals surface area contributed by atoms with Crippen LogP contribution in [0.2, 0.25) is 0 Å². The molecule has 0 aliphatic heterocycles. The Balaban J connectivity index is 1.98. The van der Waals surface area contributed by atoms with E-state index in [2.05, 4.69) is 24.1 Å². The van der Waals surface area contributed by atoms with Gasteiger partial charge in [0.25, 0.3) is 0 Å². The van der Waals surface area contributed by atoms with Gasteiger partial charge in [-0.25, -0.2) is 8.42 Å². The number of rotatable bonds is 15. The number of carbonyl (C=O) groups excluding carboxylic acids is 1. The average molecular weight is 480 g/mol. The summed E-state index contributed by atoms with van der Waals surface area (Å²) < 4.78 is 38.3. The van der Waals surface area contributed by atoms with Crippen molar-refractivity contribution in [2.24, 2.45) is 0 Å². The number of nitrogens with zero attached hydrogens (tertiary/aromatic N) is 2. The minimum atomic E-state index is -3.82. The Kier molecular flexibility index (Phi) is 10.9. The van der Waals surface area contributed by atoms with Crippen LogP contribution < -0.4 is 10.1 Å². The van der Waals surface area contributed by atoms with Crippen molar-refractivity contribution in [3.63, 3.8) is 0 Å². The Hall–Kier alpha value is -2.36. The van der Waals surface area contributed by atoms with Crippen LogP contribution in [0.15, 0.2) is 52.0 Å². The molecule has 2 aromatic rings. The highest BCUT2D eigenvalue weighted by Crippen LogP contribution is 2.21. The highest BCUT2D eigenvalue weighted by atomic mass is 32.2. The van der Waals surface area contributed by atoms with Gasteiger partial charge < -0.3 is 19.4 Å². The van der Waals surface area contributed by atoms with E-state index in [0.29, 0.717) is 11.5 Å². The van der Waals surface area contributed by atoms with Crippen LogP contribution in [0.4, 0.5) is 0 Å². The topological polar surface area (TPSA) is 92.1 Å². The first-order valence-electron chi connectivity index (χ1n) is 11.5. The van der Waals surface area contributed by atoms with Gasteiger partial charge in [0.05, 0.1) is 24.8 Å². The molecular formula is C24H37N3O5S. The van der Waals surface area contributed by atoms with Gasteiger partial charge in [-0.3, -0.25) is 4.79 Å². The fourth-order valence-electron chi connectivity index (χ4n) is 3.56. The number of methoxy groups -OCH3 is 1. The molecule has 1 N–H and O–H groups in total. The Morgan fingerprint density at radius 3 is 2.39 bits per heavy atom. The van der Waals surface area contributed by atoms with Gasteiger partial charge >= 0.3 is 0 Å². The molecule has 0 fully saturated rings. The number of amides is 1. The van der Waals surface area contributed by atoms with E-state index in [0.717, 1.165) is 32.5 Å². The number of hydrogen-bond donors (Lipinski definition) is 1. The minimum Gasteiger partial charge on any atom is -0.497 e. The Labute approximate surface area is 197 Å². The van der Waals surface area contributed by atoms with Crippen molar-refractivity contribution in [2.45, 2.75) is 57.5 Å². The Morgan fingerprint density at radius 2 is 1.82 bits per heavy atom. The number of furan rings is 1. The minimum absolute atomic E-state index is 0.0322. The number of hydrogen-bond acceptors (Lipinski definition) is 6. The summed E-state index contributed by atoms with van der Waals surface area (Å²) in [6.07, 6.45) is 3.44. The molecule has 0 aliphatic rings. The van der Waals surface area contributed by atoms with E-state index in [9.17, 15) is 13.2 Å². The molecule has 1 heterocycles. The molecule has 1 amide bonds. The maximum Gasteiger partial charge on any atom is 0.243 e. The molecule has 9 heteroatoms. The van der Waals surface area contributed by atoms with Gasteiger partial charge in [-0.05, 0) is 75.8 Å². The molecule has 0 aliphatic carbocycles. The van der Waals surface area contributed by atoms with Crippen LogP contribution in [0.5, 0.6) is 5.75 Å². The van der Waals surface area contributed by atoms with Crippen molar-refractivity contribution in [1.29, 1.82) is 0 Å². The van der Waals surface area contributed by atoms with Crippen LogP contribution >= 0.6 is 0 Å². The maximum absolute atomic E-state index is 13.3. The van der Waals surface area contributed by atoms with E-state index in [1.165, 1.54) is 29.8 Å². The standard InChI is InChI=1S/C24H37N3O5S/c1-5-26(6-2)16-7-9-20(3)25-24(28)15-17-27(19-22-10-8-18-32-22)33(29,30)23-13-11-21(31-4)12-14-23/h8,10-14,18,20H,5-7,9,15-17,19H2,1-4H3,(H,25,28). The number of sulfonamides is 1. The molecule has 1 aromatic carbocycles. The van der Waals surface area contributed by atoms with Crippen molar-refractivity contribution in [2.75, 3.05) is 33.3 Å². The molecule has 0 spiro atoms. The van der Waals surface area contributed by atoms with Crippen molar-refractivity contribution in [3.05, 3.63) is 48.4 Å². The highest BCUT2D eigenvalue weighted by molar-refractivity contribution is 7.89. The first-order valence-corrected chi connectivity index (χ1v) is 12.9. The Bertz CT molecular complexity index is 926. The predicted octanol–water partition coefficient (Wildman–Crippen LogP) is 3.50. The van der Waals surface area contributed by atoms with E-state index < -0.39 is 10.0 Å². The summed E-state index contributed by atoms with van der Waals surface area (Å²) in [7, 11) is -2.30. The van der Waals surface area contributed by atoms with Crippen LogP contribution in [0.3, 0.4) is 0 Å². The largest absolute Gasteiger partial charge is 0.497 e. The normalized spacial score (nSPS) is 12.8. The lowest BCUT2D eigenvalue weighted by Crippen LogP contribution is -2.38. The van der Waals surface area contributed by atoms with Gasteiger partial charge in [0.2, 0.25) is 15.9 Å². The lowest BCUT2D eigenvalue weighted by atomic mass is 10.1. The van der Waals surface area contributed by atoms with Gasteiger partial charge in [0.1, 0.15) is 11.5 Å². The SMILES string of the molecule is CCN(CC)CCCC(C)NC(=O)CCN(Cc1ccco1)S(=O)(=O)c1ccc(OC)cc1. The Morgan fingerprint density at radius 1 is 1.12 bits per heavy atom. The molecule has 1 unspecified atom stereocenters. The molecule has 33 heavy (non-hydrogen) atoms. The van der Waals surface area contributed by atoms with Crippen molar-refractivity contribution >= 4 is 15.9 Å². The molecule has 0 bridgehead atoms. The quantitative estimate of drug-likeness (QED) is 0.420. The first kappa shape index (κ1) is 26.9. The van der Waals surface area contributed by atoms with Crippen LogP contribution in [0.25, 0.3) is 0 Å². The van der Waals surface area contributed by atoms with Crippen LogP contribution in [0, 0.1) is 0 Å². The zero-order chi connectivity index (χ0) is 24.3. The monoisotopic (exact) mass is 479 g/mol. The molecule has 184 valence electrons. The van der Waals surface area contributed by atoms with Gasteiger partial charge in [0.15, 0.2) is 0 Å². The lowest BCUT2D eigenvalue weighted by Gasteiger charge is -2.22. The summed E-state index contributed by atoms with van der Waals surface area (Å²) in [6, 6.07) is 9.66. The van der Waals surface area contributed by atoms with Crippen molar-refractivity contribution in [1.82, 2.24) is 14.5 Å². The molecular weight excluding hydrogens is 442 g/mol. The van der Waals surface area contributed by atoms with E-state index in [-0.39, 0.29) is 36.4 Å². The molecule has 2 rings (SSSR count). The second-order valence-electron chi connectivity index (χ2n) is 7.98. The number of nitrogens with one attached hydrogen (secondary N) is 1. The van der Waals surface area contributed by atoms with Crippen molar-refractivity contribution < 1.29 is 22.4 Å². The van der Waals surface area contributed by atoms with Crippen LogP contribution in [-0.2, 0) is 21.4 Å². The van der Waals surface area contributed by atoms with Gasteiger partial charge in [-0.1, -0.05) is 13.8 Å². The fraction of sp³-hybridized carbons (Fsp3) is 0.542. The summed E-state index contributed by atoms with van der Waals surface area (Å²) >= 11 is 0. The average Bonchev–Trinajstić information content (AvgIpc) is 3.32.